The van der Waals surface area contributed by atoms with Crippen LogP contribution < -0.4 is 10.9 Å². The maximum absolute atomic E-state index is 13.8. The van der Waals surface area contributed by atoms with Gasteiger partial charge in [0.15, 0.2) is 0 Å². The lowest BCUT2D eigenvalue weighted by molar-refractivity contribution is 0.101. The zero-order chi connectivity index (χ0) is 19.3. The Morgan fingerprint density at radius 3 is 2.67 bits per heavy atom. The van der Waals surface area contributed by atoms with Crippen LogP contribution in [0, 0.1) is 18.6 Å². The highest BCUT2D eigenvalue weighted by Gasteiger charge is 2.19. The number of halogens is 2. The second-order valence-electron chi connectivity index (χ2n) is 6.26. The Bertz CT molecular complexity index is 1290. The highest BCUT2D eigenvalue weighted by Crippen LogP contribution is 2.19. The van der Waals surface area contributed by atoms with E-state index in [0.717, 1.165) is 17.7 Å². The van der Waals surface area contributed by atoms with Crippen molar-refractivity contribution in [3.05, 3.63) is 75.8 Å². The summed E-state index contributed by atoms with van der Waals surface area (Å²) in [4.78, 5) is 29.8. The molecule has 1 aromatic carbocycles. The molecule has 4 aromatic rings. The Morgan fingerprint density at radius 1 is 1.15 bits per heavy atom. The van der Waals surface area contributed by atoms with Crippen molar-refractivity contribution in [2.24, 2.45) is 7.05 Å². The Morgan fingerprint density at radius 2 is 1.93 bits per heavy atom. The average molecular weight is 368 g/mol. The van der Waals surface area contributed by atoms with Gasteiger partial charge in [0.1, 0.15) is 28.6 Å². The normalized spacial score (nSPS) is 11.3. The van der Waals surface area contributed by atoms with Crippen LogP contribution in [0.4, 0.5) is 14.5 Å². The van der Waals surface area contributed by atoms with Crippen molar-refractivity contribution >= 4 is 28.3 Å². The zero-order valence-corrected chi connectivity index (χ0v) is 14.5. The Labute approximate surface area is 151 Å². The third-order valence-corrected chi connectivity index (χ3v) is 4.36. The number of benzene rings is 1. The number of nitrogens with one attached hydrogen (secondary N) is 1. The second kappa shape index (κ2) is 6.01. The maximum Gasteiger partial charge on any atom is 0.272 e. The molecule has 0 aliphatic carbocycles. The minimum Gasteiger partial charge on any atom is -0.324 e. The number of hydrogen-bond acceptors (Lipinski definition) is 3. The fraction of sp³-hybridized carbons (Fsp3) is 0.105. The Balaban J connectivity index is 1.83. The number of pyridine rings is 1. The molecule has 0 fully saturated rings. The van der Waals surface area contributed by atoms with E-state index in [-0.39, 0.29) is 22.3 Å². The van der Waals surface area contributed by atoms with Crippen molar-refractivity contribution < 1.29 is 13.6 Å². The first-order valence-corrected chi connectivity index (χ1v) is 8.10. The summed E-state index contributed by atoms with van der Waals surface area (Å²) in [5.41, 5.74) is 1.36. The summed E-state index contributed by atoms with van der Waals surface area (Å²) < 4.78 is 29.7. The van der Waals surface area contributed by atoms with Gasteiger partial charge in [0.25, 0.3) is 11.5 Å². The number of carbonyl (C=O) groups is 1. The van der Waals surface area contributed by atoms with Crippen molar-refractivity contribution in [1.82, 2.24) is 14.0 Å². The van der Waals surface area contributed by atoms with Crippen LogP contribution in [0.15, 0.2) is 47.4 Å². The molecule has 8 heteroatoms. The minimum atomic E-state index is -0.887. The maximum atomic E-state index is 13.8. The van der Waals surface area contributed by atoms with Gasteiger partial charge in [-0.25, -0.2) is 13.8 Å². The van der Waals surface area contributed by atoms with Crippen LogP contribution in [-0.4, -0.2) is 19.9 Å². The van der Waals surface area contributed by atoms with Gasteiger partial charge in [-0.2, -0.15) is 0 Å². The smallest absolute Gasteiger partial charge is 0.272 e. The second-order valence-corrected chi connectivity index (χ2v) is 6.26. The van der Waals surface area contributed by atoms with Crippen LogP contribution >= 0.6 is 0 Å². The van der Waals surface area contributed by atoms with E-state index in [0.29, 0.717) is 17.4 Å². The molecule has 4 rings (SSSR count). The standard InChI is InChI=1S/C19H14F2N4O2/c1-10-3-6-16-23-17-12(19(27)25(16)9-10)8-15(24(17)2)18(26)22-14-5-4-11(20)7-13(14)21/h3-9H,1-2H3,(H,22,26). The predicted octanol–water partition coefficient (Wildman–Crippen LogP) is 3.03. The number of rotatable bonds is 2. The number of hydrogen-bond donors (Lipinski definition) is 1. The van der Waals surface area contributed by atoms with E-state index < -0.39 is 17.5 Å². The number of anilines is 1. The largest absolute Gasteiger partial charge is 0.324 e. The summed E-state index contributed by atoms with van der Waals surface area (Å²) in [5, 5.41) is 2.66. The monoisotopic (exact) mass is 368 g/mol. The topological polar surface area (TPSA) is 68.4 Å². The number of aromatic nitrogens is 3. The Kier molecular flexibility index (Phi) is 3.76. The van der Waals surface area contributed by atoms with Crippen LogP contribution in [0.25, 0.3) is 16.7 Å². The van der Waals surface area contributed by atoms with Gasteiger partial charge in [0.05, 0.1) is 11.1 Å². The van der Waals surface area contributed by atoms with Crippen LogP contribution in [0.2, 0.25) is 0 Å². The molecule has 6 nitrogen and oxygen atoms in total. The van der Waals surface area contributed by atoms with Crippen LogP contribution in [0.1, 0.15) is 16.1 Å². The van der Waals surface area contributed by atoms with E-state index in [1.165, 1.54) is 15.0 Å². The van der Waals surface area contributed by atoms with E-state index in [4.69, 9.17) is 0 Å². The fourth-order valence-electron chi connectivity index (χ4n) is 2.97. The molecule has 0 saturated heterocycles. The number of aryl methyl sites for hydroxylation is 2. The summed E-state index contributed by atoms with van der Waals surface area (Å²) in [5.74, 6) is -2.26. The predicted molar refractivity (Wildman–Crippen MR) is 97.0 cm³/mol. The van der Waals surface area contributed by atoms with E-state index in [1.807, 2.05) is 13.0 Å². The van der Waals surface area contributed by atoms with Crippen LogP contribution in [-0.2, 0) is 7.05 Å². The lowest BCUT2D eigenvalue weighted by atomic mass is 10.2. The molecule has 1 N–H and O–H groups in total. The molecule has 0 aliphatic heterocycles. The number of fused-ring (bicyclic) bond motifs is 2. The number of nitrogens with zero attached hydrogens (tertiary/aromatic N) is 3. The summed E-state index contributed by atoms with van der Waals surface area (Å²) in [6.07, 6.45) is 1.67. The molecular weight excluding hydrogens is 354 g/mol. The highest BCUT2D eigenvalue weighted by atomic mass is 19.1. The SMILES string of the molecule is Cc1ccc2nc3c(cc(C(=O)Nc4ccc(F)cc4F)n3C)c(=O)n2c1. The van der Waals surface area contributed by atoms with Crippen LogP contribution in [0.3, 0.4) is 0 Å². The molecule has 1 amide bonds. The Hall–Kier alpha value is -3.55. The summed E-state index contributed by atoms with van der Waals surface area (Å²) in [6.45, 7) is 1.86. The molecule has 0 atom stereocenters. The van der Waals surface area contributed by atoms with Gasteiger partial charge in [0, 0.05) is 19.3 Å². The minimum absolute atomic E-state index is 0.131. The van der Waals surface area contributed by atoms with E-state index >= 15 is 0 Å². The quantitative estimate of drug-likeness (QED) is 0.591. The highest BCUT2D eigenvalue weighted by molar-refractivity contribution is 6.06. The van der Waals surface area contributed by atoms with Crippen molar-refractivity contribution in [2.75, 3.05) is 5.32 Å². The third-order valence-electron chi connectivity index (χ3n) is 4.36. The molecule has 0 unspecified atom stereocenters. The van der Waals surface area contributed by atoms with Gasteiger partial charge in [-0.3, -0.25) is 14.0 Å². The number of amides is 1. The molecule has 0 saturated carbocycles. The van der Waals surface area contributed by atoms with Gasteiger partial charge in [-0.15, -0.1) is 0 Å². The molecule has 0 aliphatic rings. The van der Waals surface area contributed by atoms with E-state index in [9.17, 15) is 18.4 Å². The molecule has 136 valence electrons. The summed E-state index contributed by atoms with van der Waals surface area (Å²) in [6, 6.07) is 7.83. The van der Waals surface area contributed by atoms with E-state index in [1.54, 1.807) is 19.3 Å². The molecular formula is C19H14F2N4O2. The molecule has 0 spiro atoms. The van der Waals surface area contributed by atoms with Crippen molar-refractivity contribution in [2.45, 2.75) is 6.92 Å². The molecule has 3 aromatic heterocycles. The first kappa shape index (κ1) is 16.9. The molecule has 0 radical (unpaired) electrons. The molecule has 27 heavy (non-hydrogen) atoms. The van der Waals surface area contributed by atoms with Gasteiger partial charge in [-0.05, 0) is 36.8 Å². The van der Waals surface area contributed by atoms with Gasteiger partial charge >= 0.3 is 0 Å². The number of carbonyl (C=O) groups excluding carboxylic acids is 1. The zero-order valence-electron chi connectivity index (χ0n) is 14.5. The first-order chi connectivity index (χ1) is 12.8. The average Bonchev–Trinajstić information content (AvgIpc) is 2.95. The van der Waals surface area contributed by atoms with Gasteiger partial charge < -0.3 is 9.88 Å². The molecule has 0 bridgehead atoms. The lowest BCUT2D eigenvalue weighted by Crippen LogP contribution is -2.16. The lowest BCUT2D eigenvalue weighted by Gasteiger charge is -2.07. The first-order valence-electron chi connectivity index (χ1n) is 8.10. The summed E-state index contributed by atoms with van der Waals surface area (Å²) >= 11 is 0. The van der Waals surface area contributed by atoms with Gasteiger partial charge in [0.2, 0.25) is 0 Å². The third kappa shape index (κ3) is 2.75. The van der Waals surface area contributed by atoms with Crippen molar-refractivity contribution in [3.8, 4) is 0 Å². The fourth-order valence-corrected chi connectivity index (χ4v) is 2.97. The van der Waals surface area contributed by atoms with Crippen molar-refractivity contribution in [3.63, 3.8) is 0 Å². The van der Waals surface area contributed by atoms with Crippen LogP contribution in [0.5, 0.6) is 0 Å². The van der Waals surface area contributed by atoms with E-state index in [2.05, 4.69) is 10.3 Å². The van der Waals surface area contributed by atoms with Crippen molar-refractivity contribution in [1.29, 1.82) is 0 Å². The molecule has 3 heterocycles. The van der Waals surface area contributed by atoms with Gasteiger partial charge in [-0.1, -0.05) is 6.07 Å². The summed E-state index contributed by atoms with van der Waals surface area (Å²) in [7, 11) is 1.59.